The van der Waals surface area contributed by atoms with E-state index < -0.39 is 5.97 Å². The van der Waals surface area contributed by atoms with Crippen LogP contribution in [0, 0.1) is 0 Å². The Morgan fingerprint density at radius 1 is 1.41 bits per heavy atom. The minimum atomic E-state index is -0.485. The van der Waals surface area contributed by atoms with Crippen molar-refractivity contribution in [2.45, 2.75) is 13.5 Å². The fourth-order valence-electron chi connectivity index (χ4n) is 1.80. The van der Waals surface area contributed by atoms with Crippen molar-refractivity contribution in [3.63, 3.8) is 0 Å². The first-order chi connectivity index (χ1) is 10.7. The van der Waals surface area contributed by atoms with Gasteiger partial charge in [0.2, 0.25) is 5.76 Å². The van der Waals surface area contributed by atoms with Gasteiger partial charge in [0.1, 0.15) is 17.8 Å². The van der Waals surface area contributed by atoms with Crippen LogP contribution >= 0.6 is 0 Å². The van der Waals surface area contributed by atoms with Crippen LogP contribution in [0.4, 0.5) is 17.3 Å². The minimum absolute atomic E-state index is 0.166. The van der Waals surface area contributed by atoms with Gasteiger partial charge in [-0.05, 0) is 25.8 Å². The molecule has 0 atom stereocenters. The third-order valence-corrected chi connectivity index (χ3v) is 2.79. The molecule has 2 rings (SSSR count). The van der Waals surface area contributed by atoms with Gasteiger partial charge in [-0.3, -0.25) is 4.99 Å². The molecule has 22 heavy (non-hydrogen) atoms. The molecule has 8 nitrogen and oxygen atoms in total. The van der Waals surface area contributed by atoms with Crippen molar-refractivity contribution >= 4 is 30.0 Å². The van der Waals surface area contributed by atoms with Gasteiger partial charge in [-0.15, -0.1) is 0 Å². The number of hydrogen-bond acceptors (Lipinski definition) is 8. The molecule has 0 aromatic carbocycles. The number of esters is 1. The number of aliphatic imine (C=N–C) groups is 1. The standard InChI is InChI=1S/C14H17N5O3/c1-4-21-14(20)10-6-5-9(22-10)7-17-13-11(15-2)12(16-3)18-8-19-13/h5-6,8H,2,4,7H2,1,3H3,(H2,16,17,18,19). The monoisotopic (exact) mass is 303 g/mol. The lowest BCUT2D eigenvalue weighted by atomic mass is 10.4. The molecule has 8 heteroatoms. The third kappa shape index (κ3) is 3.40. The maximum atomic E-state index is 11.5. The van der Waals surface area contributed by atoms with Gasteiger partial charge in [0.05, 0.1) is 13.2 Å². The number of hydrogen-bond donors (Lipinski definition) is 2. The lowest BCUT2D eigenvalue weighted by molar-refractivity contribution is 0.0488. The molecule has 2 heterocycles. The van der Waals surface area contributed by atoms with Gasteiger partial charge in [0, 0.05) is 7.05 Å². The molecule has 0 aliphatic heterocycles. The van der Waals surface area contributed by atoms with E-state index in [9.17, 15) is 4.79 Å². The van der Waals surface area contributed by atoms with Crippen LogP contribution in [-0.4, -0.2) is 36.3 Å². The topological polar surface area (TPSA) is 102 Å². The molecule has 0 saturated heterocycles. The molecule has 2 aromatic heterocycles. The molecule has 2 aromatic rings. The Bertz CT molecular complexity index is 668. The molecule has 0 aliphatic rings. The molecule has 2 N–H and O–H groups in total. The Balaban J connectivity index is 2.08. The molecule has 0 spiro atoms. The summed E-state index contributed by atoms with van der Waals surface area (Å²) in [6, 6.07) is 3.26. The summed E-state index contributed by atoms with van der Waals surface area (Å²) in [7, 11) is 1.74. The zero-order valence-corrected chi connectivity index (χ0v) is 12.4. The van der Waals surface area contributed by atoms with Gasteiger partial charge >= 0.3 is 5.97 Å². The van der Waals surface area contributed by atoms with Crippen LogP contribution in [0.15, 0.2) is 27.9 Å². The molecule has 0 fully saturated rings. The lowest BCUT2D eigenvalue weighted by Gasteiger charge is -2.09. The second kappa shape index (κ2) is 7.21. The predicted molar refractivity (Wildman–Crippen MR) is 82.8 cm³/mol. The first kappa shape index (κ1) is 15.5. The maximum absolute atomic E-state index is 11.5. The van der Waals surface area contributed by atoms with E-state index in [1.807, 2.05) is 0 Å². The van der Waals surface area contributed by atoms with E-state index in [0.29, 0.717) is 36.2 Å². The average Bonchev–Trinajstić information content (AvgIpc) is 3.01. The van der Waals surface area contributed by atoms with E-state index in [1.165, 1.54) is 6.33 Å². The third-order valence-electron chi connectivity index (χ3n) is 2.79. The first-order valence-electron chi connectivity index (χ1n) is 6.68. The van der Waals surface area contributed by atoms with Crippen LogP contribution in [-0.2, 0) is 11.3 Å². The summed E-state index contributed by atoms with van der Waals surface area (Å²) >= 11 is 0. The number of ether oxygens (including phenoxy) is 1. The summed E-state index contributed by atoms with van der Waals surface area (Å²) in [5, 5.41) is 5.98. The zero-order chi connectivity index (χ0) is 15.9. The van der Waals surface area contributed by atoms with Crippen LogP contribution in [0.2, 0.25) is 0 Å². The second-order valence-electron chi connectivity index (χ2n) is 4.17. The molecular formula is C14H17N5O3. The Hall–Kier alpha value is -2.90. The highest BCUT2D eigenvalue weighted by Gasteiger charge is 2.13. The molecule has 0 aliphatic carbocycles. The summed E-state index contributed by atoms with van der Waals surface area (Å²) in [5.74, 6) is 1.34. The van der Waals surface area contributed by atoms with E-state index in [2.05, 4.69) is 32.3 Å². The Kier molecular flexibility index (Phi) is 5.07. The number of furan rings is 1. The Labute approximate surface area is 127 Å². The fourth-order valence-corrected chi connectivity index (χ4v) is 1.80. The number of anilines is 2. The first-order valence-corrected chi connectivity index (χ1v) is 6.68. The minimum Gasteiger partial charge on any atom is -0.460 e. The van der Waals surface area contributed by atoms with Crippen molar-refractivity contribution in [1.29, 1.82) is 0 Å². The number of carbonyl (C=O) groups is 1. The van der Waals surface area contributed by atoms with E-state index in [0.717, 1.165) is 0 Å². The van der Waals surface area contributed by atoms with Gasteiger partial charge in [-0.25, -0.2) is 14.8 Å². The molecule has 0 unspecified atom stereocenters. The molecule has 0 bridgehead atoms. The smallest absolute Gasteiger partial charge is 0.374 e. The van der Waals surface area contributed by atoms with Crippen LogP contribution in [0.25, 0.3) is 0 Å². The summed E-state index contributed by atoms with van der Waals surface area (Å²) < 4.78 is 10.3. The highest BCUT2D eigenvalue weighted by Crippen LogP contribution is 2.29. The number of nitrogens with one attached hydrogen (secondary N) is 2. The maximum Gasteiger partial charge on any atom is 0.374 e. The molecule has 0 amide bonds. The van der Waals surface area contributed by atoms with E-state index in [1.54, 1.807) is 26.1 Å². The zero-order valence-electron chi connectivity index (χ0n) is 12.4. The van der Waals surface area contributed by atoms with Gasteiger partial charge in [0.25, 0.3) is 0 Å². The van der Waals surface area contributed by atoms with Crippen LogP contribution in [0.1, 0.15) is 23.2 Å². The highest BCUT2D eigenvalue weighted by molar-refractivity contribution is 5.86. The normalized spacial score (nSPS) is 10.1. The summed E-state index contributed by atoms with van der Waals surface area (Å²) in [4.78, 5) is 23.6. The van der Waals surface area contributed by atoms with Gasteiger partial charge < -0.3 is 19.8 Å². The van der Waals surface area contributed by atoms with Crippen molar-refractivity contribution in [1.82, 2.24) is 9.97 Å². The van der Waals surface area contributed by atoms with E-state index in [4.69, 9.17) is 9.15 Å². The van der Waals surface area contributed by atoms with Gasteiger partial charge in [-0.1, -0.05) is 0 Å². The second-order valence-corrected chi connectivity index (χ2v) is 4.17. The lowest BCUT2D eigenvalue weighted by Crippen LogP contribution is -2.04. The Morgan fingerprint density at radius 2 is 2.18 bits per heavy atom. The van der Waals surface area contributed by atoms with Gasteiger partial charge in [0.15, 0.2) is 11.6 Å². The summed E-state index contributed by atoms with van der Waals surface area (Å²) in [6.07, 6.45) is 1.41. The fraction of sp³-hybridized carbons (Fsp3) is 0.286. The molecular weight excluding hydrogens is 286 g/mol. The number of nitrogens with zero attached hydrogens (tertiary/aromatic N) is 3. The highest BCUT2D eigenvalue weighted by atomic mass is 16.5. The SMILES string of the molecule is C=Nc1c(NC)ncnc1NCc1ccc(C(=O)OCC)o1. The van der Waals surface area contributed by atoms with Crippen molar-refractivity contribution in [2.75, 3.05) is 24.3 Å². The van der Waals surface area contributed by atoms with Crippen LogP contribution in [0.5, 0.6) is 0 Å². The van der Waals surface area contributed by atoms with Crippen LogP contribution in [0.3, 0.4) is 0 Å². The Morgan fingerprint density at radius 3 is 2.86 bits per heavy atom. The van der Waals surface area contributed by atoms with Crippen molar-refractivity contribution in [3.05, 3.63) is 30.0 Å². The quantitative estimate of drug-likeness (QED) is 0.597. The van der Waals surface area contributed by atoms with Crippen LogP contribution < -0.4 is 10.6 Å². The largest absolute Gasteiger partial charge is 0.460 e. The number of rotatable bonds is 7. The van der Waals surface area contributed by atoms with Crippen molar-refractivity contribution in [3.8, 4) is 0 Å². The summed E-state index contributed by atoms with van der Waals surface area (Å²) in [5.41, 5.74) is 0.516. The number of aromatic nitrogens is 2. The van der Waals surface area contributed by atoms with E-state index >= 15 is 0 Å². The van der Waals surface area contributed by atoms with Crippen molar-refractivity contribution < 1.29 is 13.9 Å². The van der Waals surface area contributed by atoms with Crippen molar-refractivity contribution in [2.24, 2.45) is 4.99 Å². The molecule has 116 valence electrons. The molecule has 0 saturated carbocycles. The van der Waals surface area contributed by atoms with E-state index in [-0.39, 0.29) is 5.76 Å². The molecule has 0 radical (unpaired) electrons. The average molecular weight is 303 g/mol. The van der Waals surface area contributed by atoms with Gasteiger partial charge in [-0.2, -0.15) is 0 Å². The summed E-state index contributed by atoms with van der Waals surface area (Å²) in [6.45, 7) is 5.88. The number of carbonyl (C=O) groups excluding carboxylic acids is 1. The predicted octanol–water partition coefficient (Wildman–Crippen LogP) is 2.23.